The molecule has 0 bridgehead atoms. The number of carbonyl (C=O) groups excluding carboxylic acids is 3. The van der Waals surface area contributed by atoms with Gasteiger partial charge >= 0.3 is 6.18 Å². The van der Waals surface area contributed by atoms with Crippen LogP contribution in [-0.2, 0) is 11.0 Å². The largest absolute Gasteiger partial charge is 0.497 e. The van der Waals surface area contributed by atoms with Crippen LogP contribution >= 0.6 is 11.8 Å². The summed E-state index contributed by atoms with van der Waals surface area (Å²) in [5.74, 6) is -0.418. The molecular weight excluding hydrogens is 433 g/mol. The molecule has 0 saturated carbocycles. The van der Waals surface area contributed by atoms with E-state index >= 15 is 0 Å². The Morgan fingerprint density at radius 3 is 2.32 bits per heavy atom. The van der Waals surface area contributed by atoms with Crippen LogP contribution in [0.15, 0.2) is 53.4 Å². The maximum Gasteiger partial charge on any atom is 0.416 e. The molecule has 1 fully saturated rings. The molecule has 0 aromatic heterocycles. The van der Waals surface area contributed by atoms with E-state index < -0.39 is 28.8 Å². The molecule has 1 saturated heterocycles. The van der Waals surface area contributed by atoms with E-state index in [2.05, 4.69) is 5.32 Å². The summed E-state index contributed by atoms with van der Waals surface area (Å²) in [6, 6.07) is 10.7. The molecule has 1 aliphatic rings. The van der Waals surface area contributed by atoms with Crippen LogP contribution in [0.3, 0.4) is 0 Å². The van der Waals surface area contributed by atoms with E-state index in [0.717, 1.165) is 46.5 Å². The van der Waals surface area contributed by atoms with Gasteiger partial charge in [0.05, 0.1) is 17.6 Å². The van der Waals surface area contributed by atoms with Gasteiger partial charge in [0.1, 0.15) is 5.75 Å². The van der Waals surface area contributed by atoms with E-state index in [1.165, 1.54) is 7.11 Å². The van der Waals surface area contributed by atoms with Gasteiger partial charge in [0, 0.05) is 18.7 Å². The molecule has 1 N–H and O–H groups in total. The lowest BCUT2D eigenvalue weighted by molar-refractivity contribution is -0.137. The zero-order valence-corrected chi connectivity index (χ0v) is 17.0. The summed E-state index contributed by atoms with van der Waals surface area (Å²) in [4.78, 5) is 38.0. The standard InChI is InChI=1S/C21H17F3N2O4S/c1-30-16-8-2-13(3-9-16)12-17-19(28)26(20(29)31-17)11-10-25-18(27)14-4-6-15(7-5-14)21(22,23)24/h2-9,12H,10-11H2,1H3,(H,25,27)/b17-12-. The first-order valence-electron chi connectivity index (χ1n) is 9.04. The number of methoxy groups -OCH3 is 1. The first-order valence-corrected chi connectivity index (χ1v) is 9.85. The molecule has 1 heterocycles. The van der Waals surface area contributed by atoms with Gasteiger partial charge < -0.3 is 10.1 Å². The SMILES string of the molecule is COc1ccc(/C=C2\SC(=O)N(CCNC(=O)c3ccc(C(F)(F)F)cc3)C2=O)cc1. The highest BCUT2D eigenvalue weighted by molar-refractivity contribution is 8.18. The molecule has 2 aromatic carbocycles. The van der Waals surface area contributed by atoms with Gasteiger partial charge in [-0.15, -0.1) is 0 Å². The summed E-state index contributed by atoms with van der Waals surface area (Å²) in [7, 11) is 1.54. The van der Waals surface area contributed by atoms with Crippen molar-refractivity contribution in [1.29, 1.82) is 0 Å². The minimum atomic E-state index is -4.49. The summed E-state index contributed by atoms with van der Waals surface area (Å²) < 4.78 is 42.8. The molecule has 0 unspecified atom stereocenters. The maximum atomic E-state index is 12.6. The molecule has 162 valence electrons. The fourth-order valence-electron chi connectivity index (χ4n) is 2.74. The number of hydrogen-bond acceptors (Lipinski definition) is 5. The lowest BCUT2D eigenvalue weighted by Crippen LogP contribution is -2.37. The van der Waals surface area contributed by atoms with Crippen molar-refractivity contribution < 1.29 is 32.3 Å². The van der Waals surface area contributed by atoms with E-state index in [9.17, 15) is 27.6 Å². The average molecular weight is 450 g/mol. The minimum Gasteiger partial charge on any atom is -0.497 e. The maximum absolute atomic E-state index is 12.6. The Morgan fingerprint density at radius 2 is 1.74 bits per heavy atom. The molecule has 0 radical (unpaired) electrons. The van der Waals surface area contributed by atoms with E-state index in [1.807, 2.05) is 0 Å². The molecule has 1 aliphatic heterocycles. The number of alkyl halides is 3. The zero-order valence-electron chi connectivity index (χ0n) is 16.2. The van der Waals surface area contributed by atoms with Gasteiger partial charge in [-0.2, -0.15) is 13.2 Å². The Kier molecular flexibility index (Phi) is 6.69. The van der Waals surface area contributed by atoms with Crippen LogP contribution in [0.4, 0.5) is 18.0 Å². The van der Waals surface area contributed by atoms with E-state index in [1.54, 1.807) is 30.3 Å². The fraction of sp³-hybridized carbons (Fsp3) is 0.190. The van der Waals surface area contributed by atoms with Crippen molar-refractivity contribution in [3.63, 3.8) is 0 Å². The van der Waals surface area contributed by atoms with Crippen LogP contribution in [-0.4, -0.2) is 42.2 Å². The van der Waals surface area contributed by atoms with Gasteiger partial charge in [-0.1, -0.05) is 12.1 Å². The summed E-state index contributed by atoms with van der Waals surface area (Å²) in [6.07, 6.45) is -2.90. The van der Waals surface area contributed by atoms with Crippen molar-refractivity contribution in [2.24, 2.45) is 0 Å². The molecule has 10 heteroatoms. The van der Waals surface area contributed by atoms with Gasteiger partial charge in [-0.3, -0.25) is 19.3 Å². The van der Waals surface area contributed by atoms with Crippen molar-refractivity contribution in [2.45, 2.75) is 6.18 Å². The van der Waals surface area contributed by atoms with Crippen LogP contribution in [0.25, 0.3) is 6.08 Å². The monoisotopic (exact) mass is 450 g/mol. The Morgan fingerprint density at radius 1 is 1.10 bits per heavy atom. The Hall–Kier alpha value is -3.27. The third kappa shape index (κ3) is 5.46. The second-order valence-corrected chi connectivity index (χ2v) is 7.43. The summed E-state index contributed by atoms with van der Waals surface area (Å²) in [6.45, 7) is -0.0926. The Balaban J connectivity index is 1.56. The van der Waals surface area contributed by atoms with Crippen molar-refractivity contribution in [1.82, 2.24) is 10.2 Å². The number of halogens is 3. The minimum absolute atomic E-state index is 0.0340. The molecule has 3 rings (SSSR count). The fourth-order valence-corrected chi connectivity index (χ4v) is 3.60. The number of imide groups is 1. The predicted molar refractivity (Wildman–Crippen MR) is 109 cm³/mol. The number of hydrogen-bond donors (Lipinski definition) is 1. The van der Waals surface area contributed by atoms with Gasteiger partial charge in [0.25, 0.3) is 17.1 Å². The van der Waals surface area contributed by atoms with Crippen LogP contribution in [0.5, 0.6) is 5.75 Å². The number of carbonyl (C=O) groups is 3. The highest BCUT2D eigenvalue weighted by Gasteiger charge is 2.34. The summed E-state index contributed by atoms with van der Waals surface area (Å²) in [5.41, 5.74) is -0.0889. The normalized spacial score (nSPS) is 15.5. The van der Waals surface area contributed by atoms with Crippen molar-refractivity contribution >= 4 is 34.9 Å². The molecule has 31 heavy (non-hydrogen) atoms. The average Bonchev–Trinajstić information content (AvgIpc) is 3.01. The summed E-state index contributed by atoms with van der Waals surface area (Å²) in [5, 5.41) is 2.03. The number of benzene rings is 2. The highest BCUT2D eigenvalue weighted by Crippen LogP contribution is 2.32. The lowest BCUT2D eigenvalue weighted by Gasteiger charge is -2.13. The molecule has 0 atom stereocenters. The topological polar surface area (TPSA) is 75.7 Å². The zero-order chi connectivity index (χ0) is 22.6. The molecule has 6 nitrogen and oxygen atoms in total. The van der Waals surface area contributed by atoms with E-state index in [-0.39, 0.29) is 23.6 Å². The van der Waals surface area contributed by atoms with Gasteiger partial charge in [0.15, 0.2) is 0 Å². The van der Waals surface area contributed by atoms with Gasteiger partial charge in [-0.25, -0.2) is 0 Å². The smallest absolute Gasteiger partial charge is 0.416 e. The van der Waals surface area contributed by atoms with Gasteiger partial charge in [-0.05, 0) is 59.8 Å². The Bertz CT molecular complexity index is 1020. The number of ether oxygens (including phenoxy) is 1. The molecular formula is C21H17F3N2O4S. The molecule has 0 spiro atoms. The second-order valence-electron chi connectivity index (χ2n) is 6.44. The highest BCUT2D eigenvalue weighted by atomic mass is 32.2. The number of amides is 3. The number of rotatable bonds is 6. The summed E-state index contributed by atoms with van der Waals surface area (Å²) >= 11 is 0.794. The van der Waals surface area contributed by atoms with Crippen molar-refractivity contribution in [3.05, 3.63) is 70.1 Å². The number of nitrogens with zero attached hydrogens (tertiary/aromatic N) is 1. The van der Waals surface area contributed by atoms with Crippen LogP contribution in [0, 0.1) is 0 Å². The third-order valence-corrected chi connectivity index (χ3v) is 5.29. The number of nitrogens with one attached hydrogen (secondary N) is 1. The second kappa shape index (κ2) is 9.25. The Labute approximate surface area is 180 Å². The van der Waals surface area contributed by atoms with Crippen LogP contribution in [0.1, 0.15) is 21.5 Å². The van der Waals surface area contributed by atoms with Crippen LogP contribution in [0.2, 0.25) is 0 Å². The quantitative estimate of drug-likeness (QED) is 0.669. The first kappa shape index (κ1) is 22.4. The third-order valence-electron chi connectivity index (χ3n) is 4.38. The van der Waals surface area contributed by atoms with E-state index in [0.29, 0.717) is 5.75 Å². The molecule has 2 aromatic rings. The lowest BCUT2D eigenvalue weighted by atomic mass is 10.1. The predicted octanol–water partition coefficient (Wildman–Crippen LogP) is 4.18. The van der Waals surface area contributed by atoms with Gasteiger partial charge in [0.2, 0.25) is 0 Å². The van der Waals surface area contributed by atoms with E-state index in [4.69, 9.17) is 4.74 Å². The number of thioether (sulfide) groups is 1. The van der Waals surface area contributed by atoms with Crippen molar-refractivity contribution in [3.8, 4) is 5.75 Å². The molecule has 3 amide bonds. The van der Waals surface area contributed by atoms with Crippen molar-refractivity contribution in [2.75, 3.05) is 20.2 Å². The first-order chi connectivity index (χ1) is 14.7. The van der Waals surface area contributed by atoms with Crippen LogP contribution < -0.4 is 10.1 Å². The molecule has 0 aliphatic carbocycles.